The van der Waals surface area contributed by atoms with Crippen molar-refractivity contribution in [3.63, 3.8) is 0 Å². The molecule has 100 valence electrons. The molecule has 19 heavy (non-hydrogen) atoms. The van der Waals surface area contributed by atoms with Crippen LogP contribution >= 0.6 is 11.5 Å². The Morgan fingerprint density at radius 1 is 1.32 bits per heavy atom. The van der Waals surface area contributed by atoms with Crippen LogP contribution in [0, 0.1) is 0 Å². The first-order chi connectivity index (χ1) is 9.08. The van der Waals surface area contributed by atoms with E-state index >= 15 is 0 Å². The summed E-state index contributed by atoms with van der Waals surface area (Å²) < 4.78 is 14.4. The van der Waals surface area contributed by atoms with E-state index in [1.54, 1.807) is 18.2 Å². The number of nitrogen functional groups attached to an aromatic ring is 1. The van der Waals surface area contributed by atoms with E-state index in [0.29, 0.717) is 22.8 Å². The third kappa shape index (κ3) is 2.32. The van der Waals surface area contributed by atoms with E-state index in [1.165, 1.54) is 14.2 Å². The second-order valence-electron chi connectivity index (χ2n) is 3.65. The van der Waals surface area contributed by atoms with Crippen LogP contribution in [0.2, 0.25) is 0 Å². The minimum absolute atomic E-state index is 0.0322. The van der Waals surface area contributed by atoms with Crippen LogP contribution in [0.3, 0.4) is 0 Å². The van der Waals surface area contributed by atoms with Gasteiger partial charge in [0.1, 0.15) is 5.69 Å². The number of nitrogens with two attached hydrogens (primary N) is 1. The van der Waals surface area contributed by atoms with E-state index in [2.05, 4.69) is 4.37 Å². The number of carboxylic acid groups (broad SMARTS) is 1. The molecule has 0 spiro atoms. The summed E-state index contributed by atoms with van der Waals surface area (Å²) in [5.41, 5.74) is 7.06. The van der Waals surface area contributed by atoms with Gasteiger partial charge in [0.05, 0.1) is 19.9 Å². The molecule has 0 atom stereocenters. The highest BCUT2D eigenvalue weighted by Crippen LogP contribution is 2.36. The van der Waals surface area contributed by atoms with Crippen LogP contribution in [0.15, 0.2) is 18.2 Å². The van der Waals surface area contributed by atoms with Crippen molar-refractivity contribution >= 4 is 23.2 Å². The van der Waals surface area contributed by atoms with Gasteiger partial charge in [0.25, 0.3) is 0 Å². The Kier molecular flexibility index (Phi) is 3.57. The molecule has 0 saturated heterocycles. The molecule has 0 aliphatic heterocycles. The average molecular weight is 280 g/mol. The van der Waals surface area contributed by atoms with Crippen LogP contribution < -0.4 is 15.2 Å². The Morgan fingerprint density at radius 3 is 2.53 bits per heavy atom. The van der Waals surface area contributed by atoms with E-state index in [0.717, 1.165) is 11.5 Å². The SMILES string of the molecule is COc1ccc(-c2nsc(C(=O)O)c2N)cc1OC. The van der Waals surface area contributed by atoms with Gasteiger partial charge in [-0.25, -0.2) is 4.79 Å². The lowest BCUT2D eigenvalue weighted by Gasteiger charge is -2.08. The minimum Gasteiger partial charge on any atom is -0.493 e. The predicted molar refractivity (Wildman–Crippen MR) is 72.0 cm³/mol. The summed E-state index contributed by atoms with van der Waals surface area (Å²) in [6.07, 6.45) is 0. The molecular formula is C12H12N2O4S. The van der Waals surface area contributed by atoms with Gasteiger partial charge in [0.2, 0.25) is 0 Å². The van der Waals surface area contributed by atoms with Crippen molar-refractivity contribution in [1.82, 2.24) is 4.37 Å². The quantitative estimate of drug-likeness (QED) is 0.890. The van der Waals surface area contributed by atoms with E-state index < -0.39 is 5.97 Å². The van der Waals surface area contributed by atoms with Crippen LogP contribution in [0.1, 0.15) is 9.67 Å². The number of nitrogens with zero attached hydrogens (tertiary/aromatic N) is 1. The molecule has 1 heterocycles. The standard InChI is InChI=1S/C12H12N2O4S/c1-17-7-4-3-6(5-8(7)18-2)10-9(13)11(12(15)16)19-14-10/h3-5H,13H2,1-2H3,(H,15,16). The van der Waals surface area contributed by atoms with Crippen molar-refractivity contribution in [3.8, 4) is 22.8 Å². The van der Waals surface area contributed by atoms with Crippen molar-refractivity contribution in [2.75, 3.05) is 20.0 Å². The van der Waals surface area contributed by atoms with Crippen LogP contribution in [-0.4, -0.2) is 29.7 Å². The summed E-state index contributed by atoms with van der Waals surface area (Å²) in [4.78, 5) is 11.0. The van der Waals surface area contributed by atoms with Gasteiger partial charge >= 0.3 is 5.97 Å². The van der Waals surface area contributed by atoms with Crippen LogP contribution in [0.4, 0.5) is 5.69 Å². The van der Waals surface area contributed by atoms with Gasteiger partial charge in [-0.05, 0) is 29.7 Å². The first kappa shape index (κ1) is 13.2. The summed E-state index contributed by atoms with van der Waals surface area (Å²) in [6.45, 7) is 0. The number of aromatic carboxylic acids is 1. The molecule has 3 N–H and O–H groups in total. The Hall–Kier alpha value is -2.28. The number of anilines is 1. The van der Waals surface area contributed by atoms with Crippen LogP contribution in [0.25, 0.3) is 11.3 Å². The smallest absolute Gasteiger partial charge is 0.349 e. The molecule has 1 aromatic carbocycles. The maximum atomic E-state index is 10.9. The lowest BCUT2D eigenvalue weighted by Crippen LogP contribution is -1.98. The number of carbonyl (C=O) groups is 1. The molecule has 0 radical (unpaired) electrons. The third-order valence-electron chi connectivity index (χ3n) is 2.58. The second-order valence-corrected chi connectivity index (χ2v) is 4.42. The number of carboxylic acids is 1. The molecule has 2 aromatic rings. The molecule has 0 unspecified atom stereocenters. The average Bonchev–Trinajstić information content (AvgIpc) is 2.80. The zero-order chi connectivity index (χ0) is 14.0. The van der Waals surface area contributed by atoms with Crippen molar-refractivity contribution < 1.29 is 19.4 Å². The molecule has 0 saturated carbocycles. The fraction of sp³-hybridized carbons (Fsp3) is 0.167. The zero-order valence-corrected chi connectivity index (χ0v) is 11.2. The fourth-order valence-electron chi connectivity index (χ4n) is 1.64. The first-order valence-corrected chi connectivity index (χ1v) is 6.06. The van der Waals surface area contributed by atoms with Gasteiger partial charge in [-0.3, -0.25) is 0 Å². The predicted octanol–water partition coefficient (Wildman–Crippen LogP) is 2.11. The number of rotatable bonds is 4. The molecule has 6 nitrogen and oxygen atoms in total. The Bertz CT molecular complexity index is 624. The number of hydrogen-bond donors (Lipinski definition) is 2. The molecule has 1 aromatic heterocycles. The molecule has 7 heteroatoms. The summed E-state index contributed by atoms with van der Waals surface area (Å²) in [5.74, 6) is 0.0320. The number of aromatic nitrogens is 1. The number of hydrogen-bond acceptors (Lipinski definition) is 6. The molecule has 0 bridgehead atoms. The number of benzene rings is 1. The van der Waals surface area contributed by atoms with Gasteiger partial charge in [0.15, 0.2) is 16.4 Å². The van der Waals surface area contributed by atoms with Gasteiger partial charge in [-0.2, -0.15) is 4.37 Å². The monoisotopic (exact) mass is 280 g/mol. The van der Waals surface area contributed by atoms with Gasteiger partial charge in [0, 0.05) is 5.56 Å². The summed E-state index contributed by atoms with van der Waals surface area (Å²) in [5, 5.41) is 8.95. The number of methoxy groups -OCH3 is 2. The molecule has 2 rings (SSSR count). The van der Waals surface area contributed by atoms with Crippen molar-refractivity contribution in [3.05, 3.63) is 23.1 Å². The van der Waals surface area contributed by atoms with Gasteiger partial charge < -0.3 is 20.3 Å². The first-order valence-electron chi connectivity index (χ1n) is 5.29. The van der Waals surface area contributed by atoms with Crippen LogP contribution in [0.5, 0.6) is 11.5 Å². The van der Waals surface area contributed by atoms with Crippen molar-refractivity contribution in [1.29, 1.82) is 0 Å². The van der Waals surface area contributed by atoms with Crippen molar-refractivity contribution in [2.24, 2.45) is 0 Å². The van der Waals surface area contributed by atoms with E-state index in [4.69, 9.17) is 20.3 Å². The molecule has 0 aliphatic carbocycles. The van der Waals surface area contributed by atoms with Gasteiger partial charge in [-0.1, -0.05) is 0 Å². The normalized spacial score (nSPS) is 10.2. The largest absolute Gasteiger partial charge is 0.493 e. The van der Waals surface area contributed by atoms with E-state index in [1.807, 2.05) is 0 Å². The maximum absolute atomic E-state index is 10.9. The molecule has 0 fully saturated rings. The Morgan fingerprint density at radius 2 is 2.00 bits per heavy atom. The molecule has 0 amide bonds. The summed E-state index contributed by atoms with van der Waals surface area (Å²) in [6, 6.07) is 5.17. The lowest BCUT2D eigenvalue weighted by atomic mass is 10.1. The topological polar surface area (TPSA) is 94.7 Å². The van der Waals surface area contributed by atoms with Gasteiger partial charge in [-0.15, -0.1) is 0 Å². The zero-order valence-electron chi connectivity index (χ0n) is 10.3. The lowest BCUT2D eigenvalue weighted by molar-refractivity contribution is 0.0703. The highest BCUT2D eigenvalue weighted by atomic mass is 32.1. The summed E-state index contributed by atoms with van der Waals surface area (Å²) in [7, 11) is 3.06. The van der Waals surface area contributed by atoms with E-state index in [-0.39, 0.29) is 10.6 Å². The Labute approximate surface area is 113 Å². The van der Waals surface area contributed by atoms with Crippen LogP contribution in [-0.2, 0) is 0 Å². The fourth-order valence-corrected chi connectivity index (χ4v) is 2.30. The highest BCUT2D eigenvalue weighted by Gasteiger charge is 2.18. The summed E-state index contributed by atoms with van der Waals surface area (Å²) >= 11 is 0.856. The van der Waals surface area contributed by atoms with E-state index in [9.17, 15) is 4.79 Å². The molecule has 0 aliphatic rings. The van der Waals surface area contributed by atoms with Crippen molar-refractivity contribution in [2.45, 2.75) is 0 Å². The minimum atomic E-state index is -1.08. The third-order valence-corrected chi connectivity index (χ3v) is 3.43. The maximum Gasteiger partial charge on any atom is 0.349 e. The second kappa shape index (κ2) is 5.15. The number of ether oxygens (including phenoxy) is 2. The highest BCUT2D eigenvalue weighted by molar-refractivity contribution is 7.09. The Balaban J connectivity index is 2.50. The molecular weight excluding hydrogens is 268 g/mol.